The predicted octanol–water partition coefficient (Wildman–Crippen LogP) is 2.94. The molecular weight excluding hydrogens is 286 g/mol. The van der Waals surface area contributed by atoms with Crippen LogP contribution in [0.2, 0.25) is 5.02 Å². The van der Waals surface area contributed by atoms with E-state index in [0.29, 0.717) is 5.02 Å². The average molecular weight is 300 g/mol. The normalized spacial score (nSPS) is 18.0. The molecule has 0 spiro atoms. The molecule has 4 nitrogen and oxygen atoms in total. The Kier molecular flexibility index (Phi) is 3.47. The first kappa shape index (κ1) is 13.8. The number of pyridine rings is 1. The number of aromatic nitrogens is 1. The molecule has 0 fully saturated rings. The van der Waals surface area contributed by atoms with Gasteiger partial charge in [0.15, 0.2) is 0 Å². The van der Waals surface area contributed by atoms with Crippen molar-refractivity contribution in [3.8, 4) is 0 Å². The zero-order valence-corrected chi connectivity index (χ0v) is 12.5. The van der Waals surface area contributed by atoms with Crippen LogP contribution in [0, 0.1) is 0 Å². The minimum absolute atomic E-state index is 0.0636. The maximum atomic E-state index is 12.3. The van der Waals surface area contributed by atoms with Crippen molar-refractivity contribution in [2.45, 2.75) is 13.0 Å². The first-order valence-corrected chi connectivity index (χ1v) is 7.02. The van der Waals surface area contributed by atoms with E-state index in [2.05, 4.69) is 9.98 Å². The van der Waals surface area contributed by atoms with Crippen LogP contribution in [-0.4, -0.2) is 29.7 Å². The quantitative estimate of drug-likeness (QED) is 0.813. The van der Waals surface area contributed by atoms with Crippen molar-refractivity contribution in [1.29, 1.82) is 0 Å². The molecule has 0 saturated carbocycles. The molecule has 2 heterocycles. The number of amides is 1. The highest BCUT2D eigenvalue weighted by molar-refractivity contribution is 6.36. The smallest absolute Gasteiger partial charge is 0.251 e. The summed E-state index contributed by atoms with van der Waals surface area (Å²) in [5.74, 6) is -0.0636. The Balaban J connectivity index is 2.28. The van der Waals surface area contributed by atoms with Crippen LogP contribution in [0.4, 0.5) is 5.69 Å². The van der Waals surface area contributed by atoms with E-state index in [0.717, 1.165) is 22.5 Å². The highest BCUT2D eigenvalue weighted by atomic mass is 35.5. The Morgan fingerprint density at radius 2 is 1.95 bits per heavy atom. The SMILES string of the molecule is CC1N=C(c2ccccc2Cl)c2ccncc2N(C)C1=O. The molecule has 21 heavy (non-hydrogen) atoms. The van der Waals surface area contributed by atoms with Gasteiger partial charge in [0, 0.05) is 29.4 Å². The third kappa shape index (κ3) is 2.32. The van der Waals surface area contributed by atoms with Crippen LogP contribution < -0.4 is 4.90 Å². The second-order valence-corrected chi connectivity index (χ2v) is 5.33. The number of likely N-dealkylation sites (N-methyl/N-ethyl adjacent to an activating group) is 1. The Hall–Kier alpha value is -2.20. The van der Waals surface area contributed by atoms with Crippen molar-refractivity contribution in [2.24, 2.45) is 4.99 Å². The van der Waals surface area contributed by atoms with Gasteiger partial charge in [0.1, 0.15) is 6.04 Å². The predicted molar refractivity (Wildman–Crippen MR) is 84.2 cm³/mol. The van der Waals surface area contributed by atoms with Crippen LogP contribution in [0.3, 0.4) is 0 Å². The van der Waals surface area contributed by atoms with E-state index in [-0.39, 0.29) is 5.91 Å². The molecule has 106 valence electrons. The van der Waals surface area contributed by atoms with Gasteiger partial charge in [-0.1, -0.05) is 29.8 Å². The maximum absolute atomic E-state index is 12.3. The van der Waals surface area contributed by atoms with Gasteiger partial charge in [0.05, 0.1) is 17.6 Å². The molecule has 5 heteroatoms. The molecule has 0 bridgehead atoms. The molecule has 0 radical (unpaired) electrons. The highest BCUT2D eigenvalue weighted by Crippen LogP contribution is 2.29. The summed E-state index contributed by atoms with van der Waals surface area (Å²) in [6.45, 7) is 1.79. The molecule has 1 unspecified atom stereocenters. The first-order valence-electron chi connectivity index (χ1n) is 6.64. The van der Waals surface area contributed by atoms with Gasteiger partial charge in [0.2, 0.25) is 0 Å². The van der Waals surface area contributed by atoms with E-state index in [1.54, 1.807) is 31.3 Å². The van der Waals surface area contributed by atoms with Gasteiger partial charge in [-0.15, -0.1) is 0 Å². The Morgan fingerprint density at radius 3 is 2.71 bits per heavy atom. The van der Waals surface area contributed by atoms with Crippen molar-refractivity contribution >= 4 is 28.9 Å². The lowest BCUT2D eigenvalue weighted by molar-refractivity contribution is -0.119. The molecule has 0 aliphatic carbocycles. The molecule has 1 aliphatic heterocycles. The van der Waals surface area contributed by atoms with Crippen LogP contribution in [0.5, 0.6) is 0 Å². The average Bonchev–Trinajstić information content (AvgIpc) is 2.59. The second kappa shape index (κ2) is 5.30. The van der Waals surface area contributed by atoms with Crippen LogP contribution in [0.1, 0.15) is 18.1 Å². The fraction of sp³-hybridized carbons (Fsp3) is 0.188. The molecular formula is C16H14ClN3O. The molecule has 0 saturated heterocycles. The number of anilines is 1. The Bertz CT molecular complexity index is 742. The fourth-order valence-corrected chi connectivity index (χ4v) is 2.66. The van der Waals surface area contributed by atoms with Crippen LogP contribution in [0.25, 0.3) is 0 Å². The van der Waals surface area contributed by atoms with Crippen molar-refractivity contribution < 1.29 is 4.79 Å². The Labute approximate surface area is 128 Å². The molecule has 1 atom stereocenters. The van der Waals surface area contributed by atoms with Crippen molar-refractivity contribution in [3.05, 3.63) is 58.9 Å². The molecule has 1 aromatic heterocycles. The fourth-order valence-electron chi connectivity index (χ4n) is 2.44. The molecule has 0 N–H and O–H groups in total. The standard InChI is InChI=1S/C16H14ClN3O/c1-10-16(21)20(2)14-9-18-8-7-12(14)15(19-10)11-5-3-4-6-13(11)17/h3-10H,1-2H3. The molecule has 1 aliphatic rings. The van der Waals surface area contributed by atoms with E-state index in [1.165, 1.54) is 0 Å². The molecule has 3 rings (SSSR count). The number of fused-ring (bicyclic) bond motifs is 1. The van der Waals surface area contributed by atoms with Gasteiger partial charge < -0.3 is 4.90 Å². The van der Waals surface area contributed by atoms with Crippen molar-refractivity contribution in [3.63, 3.8) is 0 Å². The zero-order chi connectivity index (χ0) is 15.0. The highest BCUT2D eigenvalue weighted by Gasteiger charge is 2.27. The van der Waals surface area contributed by atoms with Gasteiger partial charge in [-0.25, -0.2) is 0 Å². The number of carbonyl (C=O) groups is 1. The summed E-state index contributed by atoms with van der Waals surface area (Å²) in [5, 5.41) is 0.614. The first-order chi connectivity index (χ1) is 10.1. The topological polar surface area (TPSA) is 45.6 Å². The summed E-state index contributed by atoms with van der Waals surface area (Å²) in [6, 6.07) is 8.91. The van der Waals surface area contributed by atoms with E-state index in [4.69, 9.17) is 11.6 Å². The molecule has 1 amide bonds. The third-order valence-corrected chi connectivity index (χ3v) is 3.89. The summed E-state index contributed by atoms with van der Waals surface area (Å²) in [6.07, 6.45) is 3.37. The largest absolute Gasteiger partial charge is 0.312 e. The summed E-state index contributed by atoms with van der Waals surface area (Å²) < 4.78 is 0. The van der Waals surface area contributed by atoms with Crippen molar-refractivity contribution in [2.75, 3.05) is 11.9 Å². The number of hydrogen-bond acceptors (Lipinski definition) is 3. The summed E-state index contributed by atoms with van der Waals surface area (Å²) in [5.41, 5.74) is 3.15. The minimum atomic E-state index is -0.464. The molecule has 2 aromatic rings. The van der Waals surface area contributed by atoms with E-state index >= 15 is 0 Å². The number of benzene rings is 1. The van der Waals surface area contributed by atoms with Gasteiger partial charge in [-0.05, 0) is 19.1 Å². The lowest BCUT2D eigenvalue weighted by Gasteiger charge is -2.18. The molecule has 1 aromatic carbocycles. The summed E-state index contributed by atoms with van der Waals surface area (Å²) in [7, 11) is 1.74. The van der Waals surface area contributed by atoms with E-state index < -0.39 is 6.04 Å². The van der Waals surface area contributed by atoms with Gasteiger partial charge >= 0.3 is 0 Å². The van der Waals surface area contributed by atoms with E-state index in [1.807, 2.05) is 30.3 Å². The Morgan fingerprint density at radius 1 is 1.19 bits per heavy atom. The monoisotopic (exact) mass is 299 g/mol. The van der Waals surface area contributed by atoms with Crippen LogP contribution >= 0.6 is 11.6 Å². The van der Waals surface area contributed by atoms with Crippen molar-refractivity contribution in [1.82, 2.24) is 4.98 Å². The van der Waals surface area contributed by atoms with E-state index in [9.17, 15) is 4.79 Å². The van der Waals surface area contributed by atoms with Crippen LogP contribution in [-0.2, 0) is 4.79 Å². The van der Waals surface area contributed by atoms with Gasteiger partial charge in [-0.2, -0.15) is 0 Å². The summed E-state index contributed by atoms with van der Waals surface area (Å²) >= 11 is 6.30. The second-order valence-electron chi connectivity index (χ2n) is 4.92. The number of halogens is 1. The maximum Gasteiger partial charge on any atom is 0.251 e. The number of rotatable bonds is 1. The number of hydrogen-bond donors (Lipinski definition) is 0. The number of carbonyl (C=O) groups excluding carboxylic acids is 1. The van der Waals surface area contributed by atoms with Crippen LogP contribution in [0.15, 0.2) is 47.7 Å². The third-order valence-electron chi connectivity index (χ3n) is 3.56. The van der Waals surface area contributed by atoms with Gasteiger partial charge in [0.25, 0.3) is 5.91 Å². The lowest BCUT2D eigenvalue weighted by Crippen LogP contribution is -2.33. The lowest BCUT2D eigenvalue weighted by atomic mass is 10.0. The van der Waals surface area contributed by atoms with Gasteiger partial charge in [-0.3, -0.25) is 14.8 Å². The number of aliphatic imine (C=N–C) groups is 1. The minimum Gasteiger partial charge on any atom is -0.312 e. The number of nitrogens with zero attached hydrogens (tertiary/aromatic N) is 3. The summed E-state index contributed by atoms with van der Waals surface area (Å²) in [4.78, 5) is 22.6. The zero-order valence-electron chi connectivity index (χ0n) is 11.7.